The zero-order chi connectivity index (χ0) is 28.8. The van der Waals surface area contributed by atoms with Gasteiger partial charge in [0.15, 0.2) is 0 Å². The van der Waals surface area contributed by atoms with Crippen LogP contribution in [0.2, 0.25) is 5.02 Å². The summed E-state index contributed by atoms with van der Waals surface area (Å²) < 4.78 is 27.4. The van der Waals surface area contributed by atoms with Crippen molar-refractivity contribution < 1.29 is 18.0 Å². The summed E-state index contributed by atoms with van der Waals surface area (Å²) in [4.78, 5) is 29.2. The summed E-state index contributed by atoms with van der Waals surface area (Å²) in [5.74, 6) is -0.841. The van der Waals surface area contributed by atoms with E-state index in [1.165, 1.54) is 4.90 Å². The first-order chi connectivity index (χ1) is 18.2. The molecule has 208 valence electrons. The van der Waals surface area contributed by atoms with Gasteiger partial charge in [0.2, 0.25) is 21.8 Å². The van der Waals surface area contributed by atoms with Gasteiger partial charge in [0.05, 0.1) is 11.9 Å². The molecule has 39 heavy (non-hydrogen) atoms. The van der Waals surface area contributed by atoms with Crippen molar-refractivity contribution >= 4 is 55.1 Å². The second-order valence-electron chi connectivity index (χ2n) is 10.3. The summed E-state index contributed by atoms with van der Waals surface area (Å²) in [6, 6.07) is 22.2. The Balaban J connectivity index is 2.06. The number of carbonyl (C=O) groups is 2. The molecule has 0 radical (unpaired) electrons. The van der Waals surface area contributed by atoms with Crippen molar-refractivity contribution in [3.63, 3.8) is 0 Å². The third kappa shape index (κ3) is 9.37. The van der Waals surface area contributed by atoms with Crippen LogP contribution in [-0.2, 0) is 32.6 Å². The average molecular weight is 635 g/mol. The smallest absolute Gasteiger partial charge is 0.244 e. The van der Waals surface area contributed by atoms with Gasteiger partial charge < -0.3 is 10.2 Å². The minimum atomic E-state index is -3.82. The first kappa shape index (κ1) is 30.7. The Morgan fingerprint density at radius 1 is 0.923 bits per heavy atom. The Morgan fingerprint density at radius 2 is 1.51 bits per heavy atom. The fourth-order valence-electron chi connectivity index (χ4n) is 4.01. The lowest BCUT2D eigenvalue weighted by atomic mass is 10.0. The number of halogens is 2. The number of amides is 2. The second kappa shape index (κ2) is 13.0. The second-order valence-corrected chi connectivity index (χ2v) is 13.6. The molecule has 3 rings (SSSR count). The van der Waals surface area contributed by atoms with Gasteiger partial charge in [-0.15, -0.1) is 0 Å². The van der Waals surface area contributed by atoms with E-state index in [9.17, 15) is 18.0 Å². The molecule has 0 bridgehead atoms. The van der Waals surface area contributed by atoms with Gasteiger partial charge >= 0.3 is 0 Å². The molecule has 1 atom stereocenters. The van der Waals surface area contributed by atoms with Crippen LogP contribution in [0.4, 0.5) is 5.69 Å². The van der Waals surface area contributed by atoms with Crippen molar-refractivity contribution in [2.24, 2.45) is 0 Å². The van der Waals surface area contributed by atoms with Gasteiger partial charge in [0, 0.05) is 28.0 Å². The summed E-state index contributed by atoms with van der Waals surface area (Å²) in [5.41, 5.74) is 1.42. The molecule has 3 aromatic carbocycles. The molecule has 2 amide bonds. The Morgan fingerprint density at radius 3 is 2.05 bits per heavy atom. The van der Waals surface area contributed by atoms with E-state index in [1.54, 1.807) is 48.5 Å². The van der Waals surface area contributed by atoms with Crippen LogP contribution < -0.4 is 9.62 Å². The molecule has 0 spiro atoms. The normalized spacial score (nSPS) is 12.5. The van der Waals surface area contributed by atoms with E-state index in [-0.39, 0.29) is 18.9 Å². The highest BCUT2D eigenvalue weighted by molar-refractivity contribution is 9.10. The van der Waals surface area contributed by atoms with Crippen molar-refractivity contribution in [3.8, 4) is 0 Å². The van der Waals surface area contributed by atoms with Gasteiger partial charge in [-0.25, -0.2) is 8.42 Å². The highest BCUT2D eigenvalue weighted by Crippen LogP contribution is 2.23. The van der Waals surface area contributed by atoms with Crippen LogP contribution in [0.5, 0.6) is 0 Å². The van der Waals surface area contributed by atoms with Crippen LogP contribution in [0.15, 0.2) is 83.3 Å². The third-order valence-electron chi connectivity index (χ3n) is 5.83. The number of hydrogen-bond acceptors (Lipinski definition) is 4. The highest BCUT2D eigenvalue weighted by Gasteiger charge is 2.34. The summed E-state index contributed by atoms with van der Waals surface area (Å²) in [7, 11) is -3.82. The van der Waals surface area contributed by atoms with E-state index in [0.717, 1.165) is 26.2 Å². The van der Waals surface area contributed by atoms with Gasteiger partial charge in [-0.1, -0.05) is 70.0 Å². The number of nitrogens with one attached hydrogen (secondary N) is 1. The van der Waals surface area contributed by atoms with Crippen molar-refractivity contribution in [2.45, 2.75) is 45.3 Å². The SMILES string of the molecule is CC(C)(C)NC(=O)[C@@H](Cc1ccccc1)N(Cc1ccc(Cl)cc1)C(=O)CN(c1ccc(Br)cc1)S(C)(=O)=O. The van der Waals surface area contributed by atoms with Crippen molar-refractivity contribution in [1.82, 2.24) is 10.2 Å². The molecule has 0 unspecified atom stereocenters. The summed E-state index contributed by atoms with van der Waals surface area (Å²) in [6.07, 6.45) is 1.30. The standard InChI is InChI=1S/C29H33BrClN3O4S/c1-29(2,3)32-28(36)26(18-21-8-6-5-7-9-21)33(19-22-10-14-24(31)15-11-22)27(35)20-34(39(4,37)38)25-16-12-23(30)13-17-25/h5-17,26H,18-20H2,1-4H3,(H,32,36)/t26-/m1/s1. The summed E-state index contributed by atoms with van der Waals surface area (Å²) in [5, 5.41) is 3.54. The molecule has 0 saturated carbocycles. The molecule has 0 aliphatic carbocycles. The molecule has 0 saturated heterocycles. The van der Waals surface area contributed by atoms with Crippen LogP contribution in [0.1, 0.15) is 31.9 Å². The Kier molecular flexibility index (Phi) is 10.2. The lowest BCUT2D eigenvalue weighted by molar-refractivity contribution is -0.140. The topological polar surface area (TPSA) is 86.8 Å². The van der Waals surface area contributed by atoms with Crippen molar-refractivity contribution in [3.05, 3.63) is 99.5 Å². The maximum atomic E-state index is 14.0. The fourth-order valence-corrected chi connectivity index (χ4v) is 5.25. The molecule has 7 nitrogen and oxygen atoms in total. The average Bonchev–Trinajstić information content (AvgIpc) is 2.85. The highest BCUT2D eigenvalue weighted by atomic mass is 79.9. The minimum absolute atomic E-state index is 0.0863. The lowest BCUT2D eigenvalue weighted by Crippen LogP contribution is -2.56. The number of benzene rings is 3. The van der Waals surface area contributed by atoms with Gasteiger partial charge in [0.25, 0.3) is 0 Å². The molecule has 0 aromatic heterocycles. The van der Waals surface area contributed by atoms with E-state index in [0.29, 0.717) is 10.7 Å². The Labute approximate surface area is 244 Å². The fraction of sp³-hybridized carbons (Fsp3) is 0.310. The first-order valence-electron chi connectivity index (χ1n) is 12.4. The van der Waals surface area contributed by atoms with Gasteiger partial charge in [-0.2, -0.15) is 0 Å². The monoisotopic (exact) mass is 633 g/mol. The number of carbonyl (C=O) groups excluding carboxylic acids is 2. The molecule has 0 aliphatic rings. The van der Waals surface area contributed by atoms with Crippen molar-refractivity contribution in [1.29, 1.82) is 0 Å². The molecular formula is C29H33BrClN3O4S. The lowest BCUT2D eigenvalue weighted by Gasteiger charge is -2.35. The maximum absolute atomic E-state index is 14.0. The maximum Gasteiger partial charge on any atom is 0.244 e. The van der Waals surface area contributed by atoms with Crippen LogP contribution in [0.25, 0.3) is 0 Å². The van der Waals surface area contributed by atoms with Crippen LogP contribution >= 0.6 is 27.5 Å². The summed E-state index contributed by atoms with van der Waals surface area (Å²) >= 11 is 9.43. The molecule has 0 fully saturated rings. The number of anilines is 1. The van der Waals surface area contributed by atoms with Gasteiger partial charge in [-0.05, 0) is 68.3 Å². The number of sulfonamides is 1. The summed E-state index contributed by atoms with van der Waals surface area (Å²) in [6.45, 7) is 5.23. The van der Waals surface area contributed by atoms with Crippen LogP contribution in [0, 0.1) is 0 Å². The van der Waals surface area contributed by atoms with E-state index >= 15 is 0 Å². The van der Waals surface area contributed by atoms with Gasteiger partial charge in [0.1, 0.15) is 12.6 Å². The van der Waals surface area contributed by atoms with E-state index in [2.05, 4.69) is 21.2 Å². The first-order valence-corrected chi connectivity index (χ1v) is 15.4. The Bertz CT molecular complexity index is 1380. The number of hydrogen-bond donors (Lipinski definition) is 1. The molecule has 0 aliphatic heterocycles. The number of rotatable bonds is 10. The predicted octanol–water partition coefficient (Wildman–Crippen LogP) is 5.42. The van der Waals surface area contributed by atoms with E-state index in [4.69, 9.17) is 11.6 Å². The predicted molar refractivity (Wildman–Crippen MR) is 160 cm³/mol. The zero-order valence-electron chi connectivity index (χ0n) is 22.4. The Hall–Kier alpha value is -2.88. The molecule has 10 heteroatoms. The minimum Gasteiger partial charge on any atom is -0.350 e. The van der Waals surface area contributed by atoms with Crippen LogP contribution in [-0.4, -0.2) is 49.5 Å². The third-order valence-corrected chi connectivity index (χ3v) is 7.75. The zero-order valence-corrected chi connectivity index (χ0v) is 25.6. The van der Waals surface area contributed by atoms with E-state index < -0.39 is 34.1 Å². The number of nitrogens with zero attached hydrogens (tertiary/aromatic N) is 2. The van der Waals surface area contributed by atoms with E-state index in [1.807, 2.05) is 51.1 Å². The quantitative estimate of drug-likeness (QED) is 0.323. The molecule has 1 N–H and O–H groups in total. The van der Waals surface area contributed by atoms with Crippen LogP contribution in [0.3, 0.4) is 0 Å². The molecule has 0 heterocycles. The molecular weight excluding hydrogens is 602 g/mol. The van der Waals surface area contributed by atoms with Crippen molar-refractivity contribution in [2.75, 3.05) is 17.1 Å². The van der Waals surface area contributed by atoms with Gasteiger partial charge in [-0.3, -0.25) is 13.9 Å². The molecule has 3 aromatic rings. The largest absolute Gasteiger partial charge is 0.350 e.